The molecule has 0 fully saturated rings. The summed E-state index contributed by atoms with van der Waals surface area (Å²) in [6.45, 7) is 5.06. The van der Waals surface area contributed by atoms with Gasteiger partial charge in [-0.15, -0.1) is 23.7 Å². The largest absolute Gasteiger partial charge is 0.309 e. The zero-order chi connectivity index (χ0) is 11.3. The molecule has 0 aliphatic rings. The smallest absolute Gasteiger partial charge is 0.0590 e. The van der Waals surface area contributed by atoms with Gasteiger partial charge in [-0.05, 0) is 30.8 Å². The van der Waals surface area contributed by atoms with Crippen LogP contribution in [0.5, 0.6) is 0 Å². The molecule has 3 heteroatoms. The fourth-order valence-corrected chi connectivity index (χ4v) is 2.92. The number of nitrogens with one attached hydrogen (secondary N) is 1. The van der Waals surface area contributed by atoms with Crippen molar-refractivity contribution in [1.29, 1.82) is 0 Å². The minimum Gasteiger partial charge on any atom is -0.309 e. The van der Waals surface area contributed by atoms with Crippen molar-refractivity contribution in [3.63, 3.8) is 0 Å². The van der Waals surface area contributed by atoms with E-state index in [9.17, 15) is 0 Å². The fourth-order valence-electron chi connectivity index (χ4n) is 1.48. The maximum Gasteiger partial charge on any atom is 0.0590 e. The zero-order valence-corrected chi connectivity index (χ0v) is 10.7. The predicted molar refractivity (Wildman–Crippen MR) is 68.6 cm³/mol. The van der Waals surface area contributed by atoms with Crippen LogP contribution in [0.15, 0.2) is 5.38 Å². The quantitative estimate of drug-likeness (QED) is 0.774. The summed E-state index contributed by atoms with van der Waals surface area (Å²) in [5.41, 5.74) is 1.15. The van der Waals surface area contributed by atoms with Crippen molar-refractivity contribution in [1.82, 2.24) is 5.32 Å². The van der Waals surface area contributed by atoms with Gasteiger partial charge in [0.1, 0.15) is 0 Å². The maximum atomic E-state index is 6.24. The van der Waals surface area contributed by atoms with Gasteiger partial charge < -0.3 is 5.32 Å². The Hall–Kier alpha value is -0.490. The van der Waals surface area contributed by atoms with Crippen LogP contribution in [-0.4, -0.2) is 6.54 Å². The Balaban J connectivity index is 2.79. The number of terminal acetylenes is 1. The number of hydrogen-bond acceptors (Lipinski definition) is 2. The number of thiophene rings is 1. The van der Waals surface area contributed by atoms with Crippen molar-refractivity contribution in [2.24, 2.45) is 0 Å². The van der Waals surface area contributed by atoms with Gasteiger partial charge in [-0.3, -0.25) is 0 Å². The number of rotatable bonds is 5. The first kappa shape index (κ1) is 12.6. The molecule has 0 aliphatic carbocycles. The average Bonchev–Trinajstić information content (AvgIpc) is 2.55. The highest BCUT2D eigenvalue weighted by atomic mass is 35.5. The van der Waals surface area contributed by atoms with Crippen LogP contribution in [-0.2, 0) is 0 Å². The van der Waals surface area contributed by atoms with E-state index in [2.05, 4.69) is 23.5 Å². The molecule has 1 N–H and O–H groups in total. The third kappa shape index (κ3) is 3.24. The van der Waals surface area contributed by atoms with Gasteiger partial charge in [-0.1, -0.05) is 18.5 Å². The van der Waals surface area contributed by atoms with Gasteiger partial charge in [-0.25, -0.2) is 0 Å². The van der Waals surface area contributed by atoms with Crippen molar-refractivity contribution in [2.45, 2.75) is 32.7 Å². The molecular weight excluding hydrogens is 226 g/mol. The van der Waals surface area contributed by atoms with Gasteiger partial charge >= 0.3 is 0 Å². The second kappa shape index (κ2) is 6.17. The topological polar surface area (TPSA) is 12.0 Å². The maximum absolute atomic E-state index is 6.24. The first-order valence-corrected chi connectivity index (χ1v) is 6.36. The standard InChI is InChI=1S/C12H16ClNS/c1-4-6-7-10(14-5-2)12-11(13)9(3)8-15-12/h1,8,10,14H,5-7H2,2-3H3. The molecule has 82 valence electrons. The molecule has 1 nitrogen and oxygen atoms in total. The highest BCUT2D eigenvalue weighted by Crippen LogP contribution is 2.34. The Bertz CT molecular complexity index is 351. The summed E-state index contributed by atoms with van der Waals surface area (Å²) in [4.78, 5) is 1.21. The van der Waals surface area contributed by atoms with Crippen LogP contribution in [0.25, 0.3) is 0 Å². The molecule has 1 rings (SSSR count). The molecule has 0 aromatic carbocycles. The molecule has 0 amide bonds. The van der Waals surface area contributed by atoms with Crippen LogP contribution < -0.4 is 5.32 Å². The van der Waals surface area contributed by atoms with Crippen LogP contribution >= 0.6 is 22.9 Å². The van der Waals surface area contributed by atoms with E-state index < -0.39 is 0 Å². The monoisotopic (exact) mass is 241 g/mol. The lowest BCUT2D eigenvalue weighted by Gasteiger charge is -2.15. The van der Waals surface area contributed by atoms with Gasteiger partial charge in [0.25, 0.3) is 0 Å². The number of hydrogen-bond donors (Lipinski definition) is 1. The Morgan fingerprint density at radius 3 is 2.87 bits per heavy atom. The van der Waals surface area contributed by atoms with Crippen LogP contribution in [0.1, 0.15) is 36.2 Å². The summed E-state index contributed by atoms with van der Waals surface area (Å²) in [6, 6.07) is 0.303. The lowest BCUT2D eigenvalue weighted by atomic mass is 10.1. The van der Waals surface area contributed by atoms with Gasteiger partial charge in [0.05, 0.1) is 5.02 Å². The molecule has 0 radical (unpaired) electrons. The third-order valence-corrected chi connectivity index (χ3v) is 4.10. The van der Waals surface area contributed by atoms with Crippen molar-refractivity contribution < 1.29 is 0 Å². The fraction of sp³-hybridized carbons (Fsp3) is 0.500. The molecule has 0 saturated heterocycles. The summed E-state index contributed by atoms with van der Waals surface area (Å²) in [5.74, 6) is 2.67. The van der Waals surface area contributed by atoms with Crippen molar-refractivity contribution in [2.75, 3.05) is 6.54 Å². The molecule has 0 bridgehead atoms. The van der Waals surface area contributed by atoms with Gasteiger partial charge in [0.15, 0.2) is 0 Å². The molecule has 1 aromatic rings. The Labute approximate surface area is 101 Å². The molecule has 0 saturated carbocycles. The Morgan fingerprint density at radius 1 is 1.67 bits per heavy atom. The summed E-state index contributed by atoms with van der Waals surface area (Å²) >= 11 is 7.95. The van der Waals surface area contributed by atoms with E-state index in [1.165, 1.54) is 4.88 Å². The highest BCUT2D eigenvalue weighted by molar-refractivity contribution is 7.10. The summed E-state index contributed by atoms with van der Waals surface area (Å²) in [5, 5.41) is 6.41. The third-order valence-electron chi connectivity index (χ3n) is 2.27. The second-order valence-corrected chi connectivity index (χ2v) is 4.74. The zero-order valence-electron chi connectivity index (χ0n) is 9.14. The lowest BCUT2D eigenvalue weighted by molar-refractivity contribution is 0.530. The minimum atomic E-state index is 0.303. The molecule has 1 atom stereocenters. The van der Waals surface area contributed by atoms with E-state index >= 15 is 0 Å². The van der Waals surface area contributed by atoms with Crippen molar-refractivity contribution in [3.05, 3.63) is 20.8 Å². The van der Waals surface area contributed by atoms with E-state index in [0.717, 1.165) is 30.0 Å². The molecular formula is C12H16ClNS. The summed E-state index contributed by atoms with van der Waals surface area (Å²) < 4.78 is 0. The van der Waals surface area contributed by atoms with E-state index in [1.54, 1.807) is 11.3 Å². The molecule has 15 heavy (non-hydrogen) atoms. The first-order chi connectivity index (χ1) is 7.20. The van der Waals surface area contributed by atoms with Gasteiger partial charge in [0, 0.05) is 17.3 Å². The van der Waals surface area contributed by atoms with Crippen molar-refractivity contribution in [3.8, 4) is 12.3 Å². The second-order valence-electron chi connectivity index (χ2n) is 3.45. The molecule has 0 spiro atoms. The number of halogens is 1. The van der Waals surface area contributed by atoms with E-state index in [1.807, 2.05) is 6.92 Å². The summed E-state index contributed by atoms with van der Waals surface area (Å²) in [6.07, 6.45) is 7.02. The Morgan fingerprint density at radius 2 is 2.40 bits per heavy atom. The lowest BCUT2D eigenvalue weighted by Crippen LogP contribution is -2.20. The van der Waals surface area contributed by atoms with Crippen molar-refractivity contribution >= 4 is 22.9 Å². The normalized spacial score (nSPS) is 12.4. The van der Waals surface area contributed by atoms with Gasteiger partial charge in [-0.2, -0.15) is 0 Å². The van der Waals surface area contributed by atoms with E-state index in [4.69, 9.17) is 18.0 Å². The summed E-state index contributed by atoms with van der Waals surface area (Å²) in [7, 11) is 0. The molecule has 1 heterocycles. The van der Waals surface area contributed by atoms with E-state index in [-0.39, 0.29) is 0 Å². The first-order valence-electron chi connectivity index (χ1n) is 5.11. The predicted octanol–water partition coefficient (Wildman–Crippen LogP) is 3.77. The molecule has 0 aliphatic heterocycles. The van der Waals surface area contributed by atoms with Crippen LogP contribution in [0.2, 0.25) is 5.02 Å². The molecule has 1 unspecified atom stereocenters. The minimum absolute atomic E-state index is 0.303. The van der Waals surface area contributed by atoms with Crippen LogP contribution in [0.4, 0.5) is 0 Å². The molecule has 1 aromatic heterocycles. The van der Waals surface area contributed by atoms with Crippen LogP contribution in [0, 0.1) is 19.3 Å². The van der Waals surface area contributed by atoms with Gasteiger partial charge in [0.2, 0.25) is 0 Å². The van der Waals surface area contributed by atoms with Crippen LogP contribution in [0.3, 0.4) is 0 Å². The average molecular weight is 242 g/mol. The highest BCUT2D eigenvalue weighted by Gasteiger charge is 2.16. The number of aryl methyl sites for hydroxylation is 1. The Kier molecular flexibility index (Phi) is 5.17. The van der Waals surface area contributed by atoms with E-state index in [0.29, 0.717) is 6.04 Å². The SMILES string of the molecule is C#CCCC(NCC)c1scc(C)c1Cl.